The van der Waals surface area contributed by atoms with E-state index in [9.17, 15) is 0 Å². The van der Waals surface area contributed by atoms with Gasteiger partial charge in [0.05, 0.1) is 0 Å². The fourth-order valence-electron chi connectivity index (χ4n) is 1.44. The number of nitrogens with zero attached hydrogens (tertiary/aromatic N) is 2. The zero-order valence-electron chi connectivity index (χ0n) is 10.3. The van der Waals surface area contributed by atoms with Crippen LogP contribution in [0.5, 0.6) is 0 Å². The Hall–Kier alpha value is -0.970. The molecule has 0 aliphatic carbocycles. The zero-order valence-corrected chi connectivity index (χ0v) is 11.1. The van der Waals surface area contributed by atoms with E-state index in [1.807, 2.05) is 11.8 Å². The molecule has 0 fully saturated rings. The first-order valence-corrected chi connectivity index (χ1v) is 6.72. The third kappa shape index (κ3) is 3.27. The number of nitrogen functional groups attached to an aromatic ring is 1. The Bertz CT molecular complexity index is 341. The molecule has 0 radical (unpaired) electrons. The molecule has 0 aliphatic heterocycles. The molecular formula is C11H20N4S. The lowest BCUT2D eigenvalue weighted by Crippen LogP contribution is -2.16. The van der Waals surface area contributed by atoms with Crippen LogP contribution in [0.25, 0.3) is 0 Å². The van der Waals surface area contributed by atoms with Crippen LogP contribution in [-0.2, 0) is 0 Å². The van der Waals surface area contributed by atoms with Crippen LogP contribution in [0.1, 0.15) is 32.3 Å². The molecule has 1 aromatic rings. The molecule has 1 atom stereocenters. The zero-order chi connectivity index (χ0) is 12.1. The van der Waals surface area contributed by atoms with Crippen LogP contribution in [0.3, 0.4) is 0 Å². The smallest absolute Gasteiger partial charge is 0.135 e. The molecule has 0 saturated carbocycles. The Morgan fingerprint density at radius 2 is 2.06 bits per heavy atom. The van der Waals surface area contributed by atoms with Gasteiger partial charge in [-0.2, -0.15) is 11.8 Å². The van der Waals surface area contributed by atoms with Gasteiger partial charge >= 0.3 is 0 Å². The van der Waals surface area contributed by atoms with E-state index in [1.165, 1.54) is 6.33 Å². The van der Waals surface area contributed by atoms with E-state index >= 15 is 0 Å². The minimum Gasteiger partial charge on any atom is -0.383 e. The number of aromatic nitrogens is 2. The van der Waals surface area contributed by atoms with Crippen LogP contribution >= 0.6 is 11.8 Å². The van der Waals surface area contributed by atoms with Crippen molar-refractivity contribution in [2.45, 2.75) is 31.9 Å². The number of nitrogens with two attached hydrogens (primary N) is 1. The number of rotatable bonds is 5. The first-order chi connectivity index (χ1) is 7.56. The third-order valence-electron chi connectivity index (χ3n) is 2.45. The van der Waals surface area contributed by atoms with Gasteiger partial charge in [-0.05, 0) is 12.2 Å². The summed E-state index contributed by atoms with van der Waals surface area (Å²) in [5, 5.41) is 3.89. The first kappa shape index (κ1) is 13.1. The lowest BCUT2D eigenvalue weighted by molar-refractivity contribution is 0.847. The molecule has 1 heterocycles. The molecule has 0 amide bonds. The van der Waals surface area contributed by atoms with E-state index in [2.05, 4.69) is 42.3 Å². The Morgan fingerprint density at radius 3 is 2.62 bits per heavy atom. The first-order valence-electron chi connectivity index (χ1n) is 5.43. The van der Waals surface area contributed by atoms with E-state index in [4.69, 9.17) is 5.73 Å². The normalized spacial score (nSPS) is 12.8. The van der Waals surface area contributed by atoms with E-state index in [-0.39, 0.29) is 0 Å². The summed E-state index contributed by atoms with van der Waals surface area (Å²) >= 11 is 1.83. The maximum atomic E-state index is 5.86. The molecule has 90 valence electrons. The van der Waals surface area contributed by atoms with Gasteiger partial charge in [0.1, 0.15) is 18.0 Å². The molecular weight excluding hydrogens is 220 g/mol. The molecule has 3 N–H and O–H groups in total. The molecule has 16 heavy (non-hydrogen) atoms. The van der Waals surface area contributed by atoms with Crippen molar-refractivity contribution in [3.63, 3.8) is 0 Å². The van der Waals surface area contributed by atoms with Gasteiger partial charge in [0.2, 0.25) is 0 Å². The van der Waals surface area contributed by atoms with Crippen molar-refractivity contribution in [2.24, 2.45) is 0 Å². The Kier molecular flexibility index (Phi) is 4.86. The van der Waals surface area contributed by atoms with Gasteiger partial charge in [0, 0.05) is 17.4 Å². The lowest BCUT2D eigenvalue weighted by atomic mass is 10.0. The molecule has 0 spiro atoms. The van der Waals surface area contributed by atoms with Crippen LogP contribution in [-0.4, -0.2) is 28.0 Å². The number of thioether (sulfide) groups is 1. The molecule has 1 aromatic heterocycles. The molecule has 0 saturated heterocycles. The van der Waals surface area contributed by atoms with Crippen molar-refractivity contribution in [1.29, 1.82) is 0 Å². The predicted octanol–water partition coefficient (Wildman–Crippen LogP) is 2.35. The van der Waals surface area contributed by atoms with Crippen molar-refractivity contribution in [3.8, 4) is 0 Å². The van der Waals surface area contributed by atoms with E-state index in [0.29, 0.717) is 17.0 Å². The topological polar surface area (TPSA) is 63.8 Å². The van der Waals surface area contributed by atoms with Crippen LogP contribution in [0.2, 0.25) is 0 Å². The van der Waals surface area contributed by atoms with Crippen molar-refractivity contribution < 1.29 is 0 Å². The number of anilines is 2. The highest BCUT2D eigenvalue weighted by Gasteiger charge is 2.13. The van der Waals surface area contributed by atoms with E-state index < -0.39 is 0 Å². The number of nitrogens with one attached hydrogen (secondary N) is 1. The summed E-state index contributed by atoms with van der Waals surface area (Å²) in [6.45, 7) is 7.26. The highest BCUT2D eigenvalue weighted by Crippen LogP contribution is 2.26. The second kappa shape index (κ2) is 5.94. The molecule has 0 aliphatic rings. The number of hydrogen-bond donors (Lipinski definition) is 2. The average molecular weight is 240 g/mol. The summed E-state index contributed by atoms with van der Waals surface area (Å²) in [7, 11) is 0. The fourth-order valence-corrected chi connectivity index (χ4v) is 1.69. The van der Waals surface area contributed by atoms with Crippen molar-refractivity contribution in [2.75, 3.05) is 23.9 Å². The van der Waals surface area contributed by atoms with Gasteiger partial charge in [-0.3, -0.25) is 0 Å². The van der Waals surface area contributed by atoms with Crippen LogP contribution in [0.15, 0.2) is 6.33 Å². The number of hydrogen-bond acceptors (Lipinski definition) is 5. The second-order valence-electron chi connectivity index (χ2n) is 4.10. The predicted molar refractivity (Wildman–Crippen MR) is 72.0 cm³/mol. The van der Waals surface area contributed by atoms with Gasteiger partial charge < -0.3 is 11.1 Å². The quantitative estimate of drug-likeness (QED) is 0.827. The second-order valence-corrected chi connectivity index (χ2v) is 5.38. The molecule has 5 heteroatoms. The average Bonchev–Trinajstić information content (AvgIpc) is 2.25. The highest BCUT2D eigenvalue weighted by molar-refractivity contribution is 7.99. The van der Waals surface area contributed by atoms with Crippen LogP contribution in [0, 0.1) is 0 Å². The van der Waals surface area contributed by atoms with E-state index in [0.717, 1.165) is 17.9 Å². The Morgan fingerprint density at radius 1 is 1.38 bits per heavy atom. The summed E-state index contributed by atoms with van der Waals surface area (Å²) in [6, 6.07) is 0. The minimum absolute atomic E-state index is 0.327. The molecule has 4 nitrogen and oxygen atoms in total. The SMILES string of the molecule is CSC(C)CNc1ncnc(N)c1C(C)C. The summed E-state index contributed by atoms with van der Waals surface area (Å²) in [4.78, 5) is 8.29. The van der Waals surface area contributed by atoms with Gasteiger partial charge in [0.15, 0.2) is 0 Å². The van der Waals surface area contributed by atoms with Gasteiger partial charge in [-0.1, -0.05) is 20.8 Å². The van der Waals surface area contributed by atoms with Gasteiger partial charge in [-0.25, -0.2) is 9.97 Å². The Balaban J connectivity index is 2.83. The van der Waals surface area contributed by atoms with Crippen molar-refractivity contribution in [3.05, 3.63) is 11.9 Å². The van der Waals surface area contributed by atoms with E-state index in [1.54, 1.807) is 0 Å². The summed E-state index contributed by atoms with van der Waals surface area (Å²) in [5.74, 6) is 1.76. The van der Waals surface area contributed by atoms with Crippen LogP contribution < -0.4 is 11.1 Å². The molecule has 1 unspecified atom stereocenters. The summed E-state index contributed by atoms with van der Waals surface area (Å²) in [6.07, 6.45) is 3.61. The molecule has 0 aromatic carbocycles. The molecule has 0 bridgehead atoms. The summed E-state index contributed by atoms with van der Waals surface area (Å²) < 4.78 is 0. The standard InChI is InChI=1S/C11H20N4S/c1-7(2)9-10(12)14-6-15-11(9)13-5-8(3)16-4/h6-8H,5H2,1-4H3,(H3,12,13,14,15). The molecule has 1 rings (SSSR count). The van der Waals surface area contributed by atoms with Crippen molar-refractivity contribution in [1.82, 2.24) is 9.97 Å². The lowest BCUT2D eigenvalue weighted by Gasteiger charge is -2.16. The highest BCUT2D eigenvalue weighted by atomic mass is 32.2. The monoisotopic (exact) mass is 240 g/mol. The Labute approximate surface area is 101 Å². The maximum Gasteiger partial charge on any atom is 0.135 e. The van der Waals surface area contributed by atoms with Gasteiger partial charge in [-0.15, -0.1) is 0 Å². The maximum absolute atomic E-state index is 5.86. The van der Waals surface area contributed by atoms with Crippen LogP contribution in [0.4, 0.5) is 11.6 Å². The third-order valence-corrected chi connectivity index (χ3v) is 3.42. The fraction of sp³-hybridized carbons (Fsp3) is 0.636. The van der Waals surface area contributed by atoms with Crippen molar-refractivity contribution >= 4 is 23.4 Å². The minimum atomic E-state index is 0.327. The van der Waals surface area contributed by atoms with Gasteiger partial charge in [0.25, 0.3) is 0 Å². The largest absolute Gasteiger partial charge is 0.383 e. The summed E-state index contributed by atoms with van der Waals surface area (Å²) in [5.41, 5.74) is 6.87.